The molecule has 0 amide bonds. The minimum absolute atomic E-state index is 0.0929. The maximum atomic E-state index is 12.9. The van der Waals surface area contributed by atoms with Gasteiger partial charge in [0.1, 0.15) is 5.82 Å². The molecule has 0 aliphatic carbocycles. The highest BCUT2D eigenvalue weighted by atomic mass is 19.1. The molecule has 0 bridgehead atoms. The van der Waals surface area contributed by atoms with Crippen molar-refractivity contribution in [3.8, 4) is 5.69 Å². The maximum absolute atomic E-state index is 12.9. The third kappa shape index (κ3) is 3.43. The molecule has 20 heavy (non-hydrogen) atoms. The van der Waals surface area contributed by atoms with Crippen LogP contribution in [0.5, 0.6) is 0 Å². The molecule has 0 radical (unpaired) electrons. The van der Waals surface area contributed by atoms with E-state index in [4.69, 9.17) is 0 Å². The van der Waals surface area contributed by atoms with Crippen LogP contribution in [0.1, 0.15) is 25.8 Å². The molecule has 0 saturated carbocycles. The van der Waals surface area contributed by atoms with Gasteiger partial charge in [-0.15, -0.1) is 0 Å². The van der Waals surface area contributed by atoms with Gasteiger partial charge in [-0.05, 0) is 37.6 Å². The summed E-state index contributed by atoms with van der Waals surface area (Å²) in [6.07, 6.45) is 4.51. The van der Waals surface area contributed by atoms with Crippen LogP contribution in [0.25, 0.3) is 5.69 Å². The maximum Gasteiger partial charge on any atom is 0.123 e. The zero-order valence-electron chi connectivity index (χ0n) is 11.8. The van der Waals surface area contributed by atoms with Crippen LogP contribution in [0.4, 0.5) is 4.39 Å². The molecule has 0 aliphatic heterocycles. The van der Waals surface area contributed by atoms with Crippen molar-refractivity contribution < 1.29 is 9.50 Å². The molecule has 2 N–H and O–H groups in total. The van der Waals surface area contributed by atoms with Gasteiger partial charge in [0, 0.05) is 23.8 Å². The minimum Gasteiger partial charge on any atom is -0.394 e. The lowest BCUT2D eigenvalue weighted by Gasteiger charge is -2.26. The first-order chi connectivity index (χ1) is 9.56. The molecule has 2 aromatic rings. The van der Waals surface area contributed by atoms with E-state index < -0.39 is 0 Å². The van der Waals surface area contributed by atoms with E-state index in [0.29, 0.717) is 6.54 Å². The number of rotatable bonds is 6. The Hall–Kier alpha value is -1.72. The van der Waals surface area contributed by atoms with Crippen molar-refractivity contribution in [2.45, 2.75) is 32.4 Å². The first kappa shape index (κ1) is 14.7. The van der Waals surface area contributed by atoms with Crippen LogP contribution in [0.15, 0.2) is 36.7 Å². The number of aliphatic hydroxyl groups excluding tert-OH is 1. The Balaban J connectivity index is 2.04. The minimum atomic E-state index is -0.280. The monoisotopic (exact) mass is 277 g/mol. The fourth-order valence-corrected chi connectivity index (χ4v) is 1.79. The molecular formula is C15H20FN3O. The van der Waals surface area contributed by atoms with Crippen LogP contribution in [0.3, 0.4) is 0 Å². The summed E-state index contributed by atoms with van der Waals surface area (Å²) in [4.78, 5) is 0. The summed E-state index contributed by atoms with van der Waals surface area (Å²) in [7, 11) is 0. The third-order valence-electron chi connectivity index (χ3n) is 3.58. The summed E-state index contributed by atoms with van der Waals surface area (Å²) in [5, 5.41) is 16.9. The van der Waals surface area contributed by atoms with Gasteiger partial charge >= 0.3 is 0 Å². The molecule has 2 rings (SSSR count). The molecular weight excluding hydrogens is 257 g/mol. The van der Waals surface area contributed by atoms with Gasteiger partial charge in [0.25, 0.3) is 0 Å². The lowest BCUT2D eigenvalue weighted by Crippen LogP contribution is -2.44. The summed E-state index contributed by atoms with van der Waals surface area (Å²) in [5.41, 5.74) is 1.55. The van der Waals surface area contributed by atoms with Crippen molar-refractivity contribution in [1.82, 2.24) is 15.1 Å². The largest absolute Gasteiger partial charge is 0.394 e. The Morgan fingerprint density at radius 1 is 1.35 bits per heavy atom. The molecule has 108 valence electrons. The normalized spacial score (nSPS) is 14.2. The molecule has 1 atom stereocenters. The number of benzene rings is 1. The van der Waals surface area contributed by atoms with Crippen LogP contribution in [0.2, 0.25) is 0 Å². The predicted octanol–water partition coefficient (Wildman–Crippen LogP) is 2.26. The SMILES string of the molecule is CCC(C)(CO)NCc1cnn(-c2ccc(F)cc2)c1. The first-order valence-corrected chi connectivity index (χ1v) is 6.72. The van der Waals surface area contributed by atoms with Gasteiger partial charge in [-0.2, -0.15) is 5.10 Å². The fraction of sp³-hybridized carbons (Fsp3) is 0.400. The van der Waals surface area contributed by atoms with Crippen molar-refractivity contribution in [3.63, 3.8) is 0 Å². The molecule has 1 unspecified atom stereocenters. The Bertz CT molecular complexity index is 547. The molecule has 0 fully saturated rings. The zero-order valence-corrected chi connectivity index (χ0v) is 11.8. The Labute approximate surface area is 118 Å². The van der Waals surface area contributed by atoms with Crippen molar-refractivity contribution in [2.75, 3.05) is 6.61 Å². The van der Waals surface area contributed by atoms with E-state index in [9.17, 15) is 9.50 Å². The van der Waals surface area contributed by atoms with Crippen molar-refractivity contribution in [3.05, 3.63) is 48.0 Å². The second-order valence-electron chi connectivity index (χ2n) is 5.20. The molecule has 5 heteroatoms. The van der Waals surface area contributed by atoms with E-state index >= 15 is 0 Å². The van der Waals surface area contributed by atoms with Crippen LogP contribution < -0.4 is 5.32 Å². The second-order valence-corrected chi connectivity index (χ2v) is 5.20. The topological polar surface area (TPSA) is 50.1 Å². The Morgan fingerprint density at radius 3 is 2.65 bits per heavy atom. The van der Waals surface area contributed by atoms with E-state index in [-0.39, 0.29) is 18.0 Å². The van der Waals surface area contributed by atoms with Gasteiger partial charge < -0.3 is 10.4 Å². The van der Waals surface area contributed by atoms with Crippen molar-refractivity contribution in [1.29, 1.82) is 0 Å². The van der Waals surface area contributed by atoms with E-state index in [1.807, 2.05) is 20.0 Å². The molecule has 0 aliphatic rings. The van der Waals surface area contributed by atoms with E-state index in [0.717, 1.165) is 17.7 Å². The summed E-state index contributed by atoms with van der Waals surface area (Å²) in [6.45, 7) is 4.74. The number of hydrogen-bond acceptors (Lipinski definition) is 3. The average molecular weight is 277 g/mol. The van der Waals surface area contributed by atoms with Crippen molar-refractivity contribution in [2.24, 2.45) is 0 Å². The van der Waals surface area contributed by atoms with Crippen LogP contribution >= 0.6 is 0 Å². The van der Waals surface area contributed by atoms with Crippen LogP contribution in [0, 0.1) is 5.82 Å². The lowest BCUT2D eigenvalue weighted by atomic mass is 10.0. The van der Waals surface area contributed by atoms with Crippen LogP contribution in [-0.4, -0.2) is 27.0 Å². The highest BCUT2D eigenvalue weighted by Gasteiger charge is 2.19. The second kappa shape index (κ2) is 6.15. The number of nitrogens with one attached hydrogen (secondary N) is 1. The quantitative estimate of drug-likeness (QED) is 0.851. The fourth-order valence-electron chi connectivity index (χ4n) is 1.79. The van der Waals surface area contributed by atoms with Gasteiger partial charge in [-0.25, -0.2) is 9.07 Å². The highest BCUT2D eigenvalue weighted by molar-refractivity contribution is 5.31. The average Bonchev–Trinajstić information content (AvgIpc) is 2.94. The van der Waals surface area contributed by atoms with E-state index in [1.165, 1.54) is 12.1 Å². The zero-order chi connectivity index (χ0) is 14.6. The van der Waals surface area contributed by atoms with E-state index in [2.05, 4.69) is 10.4 Å². The molecule has 0 spiro atoms. The van der Waals surface area contributed by atoms with Gasteiger partial charge in [0.2, 0.25) is 0 Å². The first-order valence-electron chi connectivity index (χ1n) is 6.72. The number of aromatic nitrogens is 2. The molecule has 0 saturated heterocycles. The van der Waals surface area contributed by atoms with E-state index in [1.54, 1.807) is 23.0 Å². The van der Waals surface area contributed by atoms with Crippen molar-refractivity contribution >= 4 is 0 Å². The number of nitrogens with zero attached hydrogens (tertiary/aromatic N) is 2. The smallest absolute Gasteiger partial charge is 0.123 e. The Morgan fingerprint density at radius 2 is 2.05 bits per heavy atom. The molecule has 4 nitrogen and oxygen atoms in total. The summed E-state index contributed by atoms with van der Waals surface area (Å²) < 4.78 is 14.6. The summed E-state index contributed by atoms with van der Waals surface area (Å²) in [5.74, 6) is -0.260. The van der Waals surface area contributed by atoms with Gasteiger partial charge in [-0.3, -0.25) is 0 Å². The van der Waals surface area contributed by atoms with Gasteiger partial charge in [0.05, 0.1) is 18.5 Å². The predicted molar refractivity (Wildman–Crippen MR) is 76.1 cm³/mol. The summed E-state index contributed by atoms with van der Waals surface area (Å²) >= 11 is 0. The van der Waals surface area contributed by atoms with Gasteiger partial charge in [0.15, 0.2) is 0 Å². The molecule has 1 aromatic heterocycles. The van der Waals surface area contributed by atoms with Gasteiger partial charge in [-0.1, -0.05) is 6.92 Å². The summed E-state index contributed by atoms with van der Waals surface area (Å²) in [6, 6.07) is 6.19. The third-order valence-corrected chi connectivity index (χ3v) is 3.58. The number of hydrogen-bond donors (Lipinski definition) is 2. The number of halogens is 1. The van der Waals surface area contributed by atoms with Crippen LogP contribution in [-0.2, 0) is 6.54 Å². The standard InChI is InChI=1S/C15H20FN3O/c1-3-15(2,11-20)17-8-12-9-18-19(10-12)14-6-4-13(16)5-7-14/h4-7,9-10,17,20H,3,8,11H2,1-2H3. The molecule has 1 heterocycles. The highest BCUT2D eigenvalue weighted by Crippen LogP contribution is 2.12. The lowest BCUT2D eigenvalue weighted by molar-refractivity contribution is 0.169. The number of aliphatic hydroxyl groups is 1. The Kier molecular flexibility index (Phi) is 4.52. The molecule has 1 aromatic carbocycles.